The van der Waals surface area contributed by atoms with E-state index in [0.29, 0.717) is 0 Å². The summed E-state index contributed by atoms with van der Waals surface area (Å²) in [4.78, 5) is 15.6. The van der Waals surface area contributed by atoms with Crippen LogP contribution in [0.2, 0.25) is 0 Å². The number of nitrogens with zero attached hydrogens (tertiary/aromatic N) is 1. The molecule has 0 amide bonds. The van der Waals surface area contributed by atoms with Crippen LogP contribution in [-0.2, 0) is 5.41 Å². The average Bonchev–Trinajstić information content (AvgIpc) is 2.48. The number of aromatic carboxylic acids is 1. The number of aromatic nitrogens is 1. The highest BCUT2D eigenvalue weighted by atomic mass is 32.1. The van der Waals surface area contributed by atoms with Crippen molar-refractivity contribution in [2.24, 2.45) is 0 Å². The van der Waals surface area contributed by atoms with Crippen molar-refractivity contribution in [3.63, 3.8) is 0 Å². The molecule has 70 valence electrons. The van der Waals surface area contributed by atoms with Crippen LogP contribution >= 0.6 is 11.3 Å². The molecule has 1 aliphatic carbocycles. The molecule has 1 heterocycles. The molecule has 1 N–H and O–H groups in total. The monoisotopic (exact) mass is 197 g/mol. The molecule has 1 aromatic rings. The van der Waals surface area contributed by atoms with Gasteiger partial charge in [-0.05, 0) is 12.8 Å². The van der Waals surface area contributed by atoms with Gasteiger partial charge in [-0.25, -0.2) is 9.78 Å². The second kappa shape index (κ2) is 2.80. The number of carbonyl (C=O) groups is 1. The molecular formula is C9H11NO2S. The summed E-state index contributed by atoms with van der Waals surface area (Å²) in [6.45, 7) is 2.18. The first-order valence-electron chi connectivity index (χ1n) is 4.31. The number of carboxylic acid groups (broad SMARTS) is 1. The Morgan fingerprint density at radius 1 is 1.69 bits per heavy atom. The van der Waals surface area contributed by atoms with E-state index in [9.17, 15) is 4.79 Å². The lowest BCUT2D eigenvalue weighted by molar-refractivity contribution is 0.0696. The molecule has 0 spiro atoms. The van der Waals surface area contributed by atoms with Crippen LogP contribution in [-0.4, -0.2) is 16.1 Å². The van der Waals surface area contributed by atoms with Crippen LogP contribution in [0.1, 0.15) is 40.9 Å². The van der Waals surface area contributed by atoms with Gasteiger partial charge in [0.15, 0.2) is 0 Å². The lowest BCUT2D eigenvalue weighted by atomic mass is 9.70. The van der Waals surface area contributed by atoms with Gasteiger partial charge in [0, 0.05) is 16.5 Å². The number of hydrogen-bond donors (Lipinski definition) is 1. The van der Waals surface area contributed by atoms with Crippen molar-refractivity contribution in [1.82, 2.24) is 4.98 Å². The Balaban J connectivity index is 2.27. The minimum atomic E-state index is -0.917. The van der Waals surface area contributed by atoms with Gasteiger partial charge in [-0.1, -0.05) is 13.3 Å². The molecule has 0 radical (unpaired) electrons. The minimum absolute atomic E-state index is 0.211. The first kappa shape index (κ1) is 8.69. The number of hydrogen-bond acceptors (Lipinski definition) is 3. The summed E-state index contributed by atoms with van der Waals surface area (Å²) in [5.74, 6) is -0.917. The standard InChI is InChI=1S/C9H11NO2S/c1-9(3-2-4-9)6-5-10-7(13-6)8(11)12/h5H,2-4H2,1H3,(H,11,12). The van der Waals surface area contributed by atoms with Crippen LogP contribution in [0.25, 0.3) is 0 Å². The normalized spacial score (nSPS) is 19.5. The summed E-state index contributed by atoms with van der Waals surface area (Å²) < 4.78 is 0. The molecule has 2 rings (SSSR count). The Morgan fingerprint density at radius 2 is 2.38 bits per heavy atom. The maximum Gasteiger partial charge on any atom is 0.365 e. The Bertz CT molecular complexity index is 341. The van der Waals surface area contributed by atoms with Gasteiger partial charge in [-0.2, -0.15) is 0 Å². The lowest BCUT2D eigenvalue weighted by Gasteiger charge is -2.37. The predicted molar refractivity (Wildman–Crippen MR) is 50.3 cm³/mol. The van der Waals surface area contributed by atoms with Gasteiger partial charge in [0.25, 0.3) is 0 Å². The third-order valence-electron chi connectivity index (χ3n) is 2.74. The molecular weight excluding hydrogens is 186 g/mol. The predicted octanol–water partition coefficient (Wildman–Crippen LogP) is 2.28. The van der Waals surface area contributed by atoms with Crippen LogP contribution in [0, 0.1) is 0 Å². The van der Waals surface area contributed by atoms with E-state index in [4.69, 9.17) is 5.11 Å². The fourth-order valence-corrected chi connectivity index (χ4v) is 2.56. The third kappa shape index (κ3) is 1.35. The average molecular weight is 197 g/mol. The maximum atomic E-state index is 10.6. The first-order valence-corrected chi connectivity index (χ1v) is 5.13. The Labute approximate surface area is 80.4 Å². The Hall–Kier alpha value is -0.900. The highest BCUT2D eigenvalue weighted by molar-refractivity contribution is 7.13. The van der Waals surface area contributed by atoms with E-state index >= 15 is 0 Å². The molecule has 0 unspecified atom stereocenters. The molecule has 3 nitrogen and oxygen atoms in total. The highest BCUT2D eigenvalue weighted by Gasteiger charge is 2.35. The van der Waals surface area contributed by atoms with E-state index < -0.39 is 5.97 Å². The largest absolute Gasteiger partial charge is 0.476 e. The van der Waals surface area contributed by atoms with Crippen molar-refractivity contribution in [1.29, 1.82) is 0 Å². The number of thiazole rings is 1. The highest BCUT2D eigenvalue weighted by Crippen LogP contribution is 2.45. The first-order chi connectivity index (χ1) is 6.12. The summed E-state index contributed by atoms with van der Waals surface area (Å²) in [6, 6.07) is 0. The minimum Gasteiger partial charge on any atom is -0.476 e. The van der Waals surface area contributed by atoms with Crippen molar-refractivity contribution in [3.05, 3.63) is 16.1 Å². The van der Waals surface area contributed by atoms with E-state index in [1.165, 1.54) is 17.8 Å². The van der Waals surface area contributed by atoms with E-state index in [1.807, 2.05) is 0 Å². The van der Waals surface area contributed by atoms with Gasteiger partial charge in [-0.15, -0.1) is 11.3 Å². The van der Waals surface area contributed by atoms with Crippen LogP contribution in [0.4, 0.5) is 0 Å². The van der Waals surface area contributed by atoms with E-state index in [2.05, 4.69) is 11.9 Å². The molecule has 0 saturated heterocycles. The smallest absolute Gasteiger partial charge is 0.365 e. The molecule has 1 aliphatic rings. The van der Waals surface area contributed by atoms with E-state index in [-0.39, 0.29) is 10.4 Å². The van der Waals surface area contributed by atoms with Crippen molar-refractivity contribution in [3.8, 4) is 0 Å². The molecule has 1 saturated carbocycles. The van der Waals surface area contributed by atoms with Gasteiger partial charge < -0.3 is 5.11 Å². The van der Waals surface area contributed by atoms with Gasteiger partial charge in [-0.3, -0.25) is 0 Å². The summed E-state index contributed by atoms with van der Waals surface area (Å²) in [6.07, 6.45) is 5.28. The summed E-state index contributed by atoms with van der Waals surface area (Å²) >= 11 is 1.31. The molecule has 0 atom stereocenters. The molecule has 0 aliphatic heterocycles. The fourth-order valence-electron chi connectivity index (χ4n) is 1.61. The molecule has 13 heavy (non-hydrogen) atoms. The van der Waals surface area contributed by atoms with Crippen molar-refractivity contribution >= 4 is 17.3 Å². The van der Waals surface area contributed by atoms with Gasteiger partial charge in [0.1, 0.15) is 0 Å². The van der Waals surface area contributed by atoms with Gasteiger partial charge in [0.2, 0.25) is 5.01 Å². The molecule has 0 bridgehead atoms. The zero-order valence-corrected chi connectivity index (χ0v) is 8.23. The molecule has 1 aromatic heterocycles. The Kier molecular flexibility index (Phi) is 1.87. The van der Waals surface area contributed by atoms with Crippen LogP contribution in [0.3, 0.4) is 0 Å². The number of rotatable bonds is 2. The van der Waals surface area contributed by atoms with Crippen molar-refractivity contribution in [2.45, 2.75) is 31.6 Å². The fraction of sp³-hybridized carbons (Fsp3) is 0.556. The number of carboxylic acids is 1. The zero-order chi connectivity index (χ0) is 9.47. The topological polar surface area (TPSA) is 50.2 Å². The zero-order valence-electron chi connectivity index (χ0n) is 7.41. The van der Waals surface area contributed by atoms with Crippen molar-refractivity contribution in [2.75, 3.05) is 0 Å². The summed E-state index contributed by atoms with van der Waals surface area (Å²) in [7, 11) is 0. The quantitative estimate of drug-likeness (QED) is 0.791. The van der Waals surface area contributed by atoms with Crippen LogP contribution < -0.4 is 0 Å². The molecule has 0 aromatic carbocycles. The van der Waals surface area contributed by atoms with E-state index in [0.717, 1.165) is 17.7 Å². The Morgan fingerprint density at radius 3 is 2.77 bits per heavy atom. The van der Waals surface area contributed by atoms with Gasteiger partial charge in [0.05, 0.1) is 0 Å². The van der Waals surface area contributed by atoms with Crippen LogP contribution in [0.5, 0.6) is 0 Å². The van der Waals surface area contributed by atoms with Gasteiger partial charge >= 0.3 is 5.97 Å². The van der Waals surface area contributed by atoms with Crippen molar-refractivity contribution < 1.29 is 9.90 Å². The molecule has 4 heteroatoms. The summed E-state index contributed by atoms with van der Waals surface area (Å²) in [5, 5.41) is 8.91. The summed E-state index contributed by atoms with van der Waals surface area (Å²) in [5.41, 5.74) is 0.214. The second-order valence-corrected chi connectivity index (χ2v) is 4.78. The SMILES string of the molecule is CC1(c2cnc(C(=O)O)s2)CCC1. The van der Waals surface area contributed by atoms with E-state index in [1.54, 1.807) is 6.20 Å². The third-order valence-corrected chi connectivity index (χ3v) is 4.03. The lowest BCUT2D eigenvalue weighted by Crippen LogP contribution is -2.29. The van der Waals surface area contributed by atoms with Crippen LogP contribution in [0.15, 0.2) is 6.20 Å². The molecule has 1 fully saturated rings. The second-order valence-electron chi connectivity index (χ2n) is 3.75. The maximum absolute atomic E-state index is 10.6.